The molecule has 22 heavy (non-hydrogen) atoms. The molecular weight excluding hydrogens is 288 g/mol. The highest BCUT2D eigenvalue weighted by molar-refractivity contribution is 5.95. The molecule has 118 valence electrons. The topological polar surface area (TPSA) is 93.7 Å². The van der Waals surface area contributed by atoms with Crippen LogP contribution in [0.15, 0.2) is 30.3 Å². The van der Waals surface area contributed by atoms with Crippen molar-refractivity contribution in [2.45, 2.75) is 31.9 Å². The average Bonchev–Trinajstić information content (AvgIpc) is 3.29. The number of hydrogen-bond acceptors (Lipinski definition) is 5. The Labute approximate surface area is 128 Å². The highest BCUT2D eigenvalue weighted by Gasteiger charge is 2.24. The van der Waals surface area contributed by atoms with Crippen LogP contribution in [0.4, 0.5) is 4.79 Å². The van der Waals surface area contributed by atoms with Crippen molar-refractivity contribution in [2.24, 2.45) is 0 Å². The first-order chi connectivity index (χ1) is 10.5. The number of hydrogen-bond donors (Lipinski definition) is 2. The van der Waals surface area contributed by atoms with Crippen molar-refractivity contribution in [2.75, 3.05) is 6.61 Å². The third kappa shape index (κ3) is 5.43. The van der Waals surface area contributed by atoms with Gasteiger partial charge in [-0.1, -0.05) is 18.2 Å². The monoisotopic (exact) mass is 306 g/mol. The number of esters is 1. The number of rotatable bonds is 6. The number of carbonyl (C=O) groups is 3. The molecule has 0 spiro atoms. The van der Waals surface area contributed by atoms with Gasteiger partial charge < -0.3 is 14.8 Å². The number of para-hydroxylation sites is 1. The summed E-state index contributed by atoms with van der Waals surface area (Å²) < 4.78 is 10.2. The van der Waals surface area contributed by atoms with Crippen molar-refractivity contribution in [3.05, 3.63) is 30.3 Å². The Bertz CT molecular complexity index is 542. The molecule has 0 aromatic heterocycles. The summed E-state index contributed by atoms with van der Waals surface area (Å²) in [4.78, 5) is 34.5. The van der Waals surface area contributed by atoms with Crippen LogP contribution < -0.4 is 15.4 Å². The second kappa shape index (κ2) is 7.44. The lowest BCUT2D eigenvalue weighted by Gasteiger charge is -2.13. The van der Waals surface area contributed by atoms with Gasteiger partial charge in [0.1, 0.15) is 5.75 Å². The highest BCUT2D eigenvalue weighted by Crippen LogP contribution is 2.18. The summed E-state index contributed by atoms with van der Waals surface area (Å²) in [5, 5.41) is 4.68. The summed E-state index contributed by atoms with van der Waals surface area (Å²) >= 11 is 0. The number of benzene rings is 1. The zero-order chi connectivity index (χ0) is 15.9. The molecule has 0 heterocycles. The van der Waals surface area contributed by atoms with Crippen LogP contribution in [0.3, 0.4) is 0 Å². The Balaban J connectivity index is 1.67. The van der Waals surface area contributed by atoms with Crippen LogP contribution in [0.2, 0.25) is 0 Å². The molecule has 0 unspecified atom stereocenters. The Hall–Kier alpha value is -2.57. The minimum absolute atomic E-state index is 0.148. The van der Waals surface area contributed by atoms with E-state index in [0.29, 0.717) is 5.75 Å². The highest BCUT2D eigenvalue weighted by atomic mass is 16.6. The van der Waals surface area contributed by atoms with E-state index in [-0.39, 0.29) is 6.04 Å². The summed E-state index contributed by atoms with van der Waals surface area (Å²) in [5.74, 6) is -0.833. The fourth-order valence-corrected chi connectivity index (χ4v) is 1.62. The standard InChI is InChI=1S/C15H18N2O5/c1-10(22-12-5-3-2-4-6-12)14(19)21-9-13(18)17-15(20)16-11-7-8-11/h2-6,10-11H,7-9H2,1H3,(H2,16,17,18,20)/t10-/m1/s1. The Morgan fingerprint density at radius 3 is 2.55 bits per heavy atom. The second-order valence-electron chi connectivity index (χ2n) is 4.98. The first-order valence-corrected chi connectivity index (χ1v) is 7.03. The molecule has 3 amide bonds. The number of carbonyl (C=O) groups excluding carboxylic acids is 3. The maximum Gasteiger partial charge on any atom is 0.347 e. The van der Waals surface area contributed by atoms with E-state index in [2.05, 4.69) is 10.6 Å². The molecule has 1 saturated carbocycles. The van der Waals surface area contributed by atoms with Gasteiger partial charge in [0.15, 0.2) is 12.7 Å². The van der Waals surface area contributed by atoms with Gasteiger partial charge in [-0.05, 0) is 31.9 Å². The van der Waals surface area contributed by atoms with E-state index in [1.165, 1.54) is 6.92 Å². The molecular formula is C15H18N2O5. The quantitative estimate of drug-likeness (QED) is 0.764. The summed E-state index contributed by atoms with van der Waals surface area (Å²) in [6.07, 6.45) is 0.992. The van der Waals surface area contributed by atoms with E-state index in [4.69, 9.17) is 9.47 Å². The molecule has 1 aliphatic carbocycles. The fraction of sp³-hybridized carbons (Fsp3) is 0.400. The molecule has 0 aliphatic heterocycles. The number of imide groups is 1. The van der Waals surface area contributed by atoms with Gasteiger partial charge in [0.2, 0.25) is 0 Å². The van der Waals surface area contributed by atoms with Crippen molar-refractivity contribution in [1.82, 2.24) is 10.6 Å². The van der Waals surface area contributed by atoms with Gasteiger partial charge in [-0.2, -0.15) is 0 Å². The number of amides is 3. The molecule has 2 rings (SSSR count). The molecule has 2 N–H and O–H groups in total. The van der Waals surface area contributed by atoms with Gasteiger partial charge in [-0.3, -0.25) is 10.1 Å². The number of ether oxygens (including phenoxy) is 2. The Morgan fingerprint density at radius 2 is 1.91 bits per heavy atom. The van der Waals surface area contributed by atoms with E-state index < -0.39 is 30.6 Å². The van der Waals surface area contributed by atoms with Crippen molar-refractivity contribution in [1.29, 1.82) is 0 Å². The minimum Gasteiger partial charge on any atom is -0.479 e. The summed E-state index contributed by atoms with van der Waals surface area (Å²) in [6.45, 7) is 0.993. The van der Waals surface area contributed by atoms with Crippen LogP contribution in [0.25, 0.3) is 0 Å². The van der Waals surface area contributed by atoms with Crippen molar-refractivity contribution >= 4 is 17.9 Å². The molecule has 7 nitrogen and oxygen atoms in total. The van der Waals surface area contributed by atoms with Crippen LogP contribution in [-0.4, -0.2) is 36.7 Å². The molecule has 0 bridgehead atoms. The molecule has 1 atom stereocenters. The largest absolute Gasteiger partial charge is 0.479 e. The van der Waals surface area contributed by atoms with E-state index in [9.17, 15) is 14.4 Å². The van der Waals surface area contributed by atoms with Gasteiger partial charge in [-0.15, -0.1) is 0 Å². The molecule has 7 heteroatoms. The Morgan fingerprint density at radius 1 is 1.23 bits per heavy atom. The molecule has 1 aromatic rings. The zero-order valence-electron chi connectivity index (χ0n) is 12.2. The van der Waals surface area contributed by atoms with E-state index in [1.54, 1.807) is 24.3 Å². The van der Waals surface area contributed by atoms with Gasteiger partial charge in [-0.25, -0.2) is 9.59 Å². The van der Waals surface area contributed by atoms with Gasteiger partial charge in [0, 0.05) is 6.04 Å². The van der Waals surface area contributed by atoms with E-state index >= 15 is 0 Å². The SMILES string of the molecule is C[C@@H](Oc1ccccc1)C(=O)OCC(=O)NC(=O)NC1CC1. The predicted octanol–water partition coefficient (Wildman–Crippen LogP) is 0.985. The lowest BCUT2D eigenvalue weighted by atomic mass is 10.3. The summed E-state index contributed by atoms with van der Waals surface area (Å²) in [7, 11) is 0. The van der Waals surface area contributed by atoms with E-state index in [0.717, 1.165) is 12.8 Å². The number of urea groups is 1. The van der Waals surface area contributed by atoms with Crippen molar-refractivity contribution < 1.29 is 23.9 Å². The van der Waals surface area contributed by atoms with Crippen LogP contribution in [0.5, 0.6) is 5.75 Å². The van der Waals surface area contributed by atoms with Crippen LogP contribution in [-0.2, 0) is 14.3 Å². The van der Waals surface area contributed by atoms with Gasteiger partial charge in [0.25, 0.3) is 5.91 Å². The molecule has 0 radical (unpaired) electrons. The molecule has 0 saturated heterocycles. The normalized spacial score (nSPS) is 14.6. The van der Waals surface area contributed by atoms with Crippen LogP contribution >= 0.6 is 0 Å². The third-order valence-electron chi connectivity index (χ3n) is 2.90. The summed E-state index contributed by atoms with van der Waals surface area (Å²) in [6, 6.07) is 8.37. The Kier molecular flexibility index (Phi) is 5.35. The van der Waals surface area contributed by atoms with Crippen LogP contribution in [0, 0.1) is 0 Å². The molecule has 1 aliphatic rings. The second-order valence-corrected chi connectivity index (χ2v) is 4.98. The third-order valence-corrected chi connectivity index (χ3v) is 2.90. The van der Waals surface area contributed by atoms with Crippen LogP contribution in [0.1, 0.15) is 19.8 Å². The minimum atomic E-state index is -0.851. The molecule has 1 fully saturated rings. The maximum atomic E-state index is 11.7. The fourth-order valence-electron chi connectivity index (χ4n) is 1.62. The van der Waals surface area contributed by atoms with Gasteiger partial charge in [0.05, 0.1) is 0 Å². The first kappa shape index (κ1) is 15.8. The number of nitrogens with one attached hydrogen (secondary N) is 2. The average molecular weight is 306 g/mol. The lowest BCUT2D eigenvalue weighted by molar-refractivity contribution is -0.154. The van der Waals surface area contributed by atoms with Crippen molar-refractivity contribution in [3.63, 3.8) is 0 Å². The van der Waals surface area contributed by atoms with E-state index in [1.807, 2.05) is 6.07 Å². The first-order valence-electron chi connectivity index (χ1n) is 7.03. The molecule has 1 aromatic carbocycles. The van der Waals surface area contributed by atoms with Gasteiger partial charge >= 0.3 is 12.0 Å². The smallest absolute Gasteiger partial charge is 0.347 e. The summed E-state index contributed by atoms with van der Waals surface area (Å²) in [5.41, 5.74) is 0. The predicted molar refractivity (Wildman–Crippen MR) is 77.2 cm³/mol. The lowest BCUT2D eigenvalue weighted by Crippen LogP contribution is -2.42. The maximum absolute atomic E-state index is 11.7. The zero-order valence-corrected chi connectivity index (χ0v) is 12.2. The van der Waals surface area contributed by atoms with Crippen molar-refractivity contribution in [3.8, 4) is 5.75 Å².